The molecule has 0 aliphatic rings. The van der Waals surface area contributed by atoms with Gasteiger partial charge in [0, 0.05) is 20.9 Å². The van der Waals surface area contributed by atoms with Gasteiger partial charge >= 0.3 is 6.03 Å². The molecule has 20 heavy (non-hydrogen) atoms. The molecule has 2 amide bonds. The predicted octanol–water partition coefficient (Wildman–Crippen LogP) is 5.31. The van der Waals surface area contributed by atoms with Gasteiger partial charge in [-0.15, -0.1) is 0 Å². The zero-order valence-corrected chi connectivity index (χ0v) is 13.3. The molecule has 2 aromatic rings. The van der Waals surface area contributed by atoms with Gasteiger partial charge in [0.1, 0.15) is 0 Å². The largest absolute Gasteiger partial charge is 0.323 e. The van der Waals surface area contributed by atoms with E-state index in [9.17, 15) is 4.79 Å². The molecule has 0 heterocycles. The van der Waals surface area contributed by atoms with E-state index in [4.69, 9.17) is 11.6 Å². The molecule has 0 saturated carbocycles. The molecule has 0 unspecified atom stereocenters. The number of rotatable bonds is 3. The monoisotopic (exact) mass is 352 g/mol. The summed E-state index contributed by atoms with van der Waals surface area (Å²) >= 11 is 9.22. The SMILES string of the molecule is CCc1cc(Br)ccc1NC(=O)Nc1ccc(Cl)cc1. The van der Waals surface area contributed by atoms with Crippen molar-refractivity contribution < 1.29 is 4.79 Å². The maximum absolute atomic E-state index is 12.0. The van der Waals surface area contributed by atoms with Crippen LogP contribution in [-0.4, -0.2) is 6.03 Å². The summed E-state index contributed by atoms with van der Waals surface area (Å²) in [6.07, 6.45) is 0.843. The summed E-state index contributed by atoms with van der Waals surface area (Å²) in [5.74, 6) is 0. The molecule has 0 radical (unpaired) electrons. The van der Waals surface area contributed by atoms with E-state index in [-0.39, 0.29) is 6.03 Å². The first-order valence-corrected chi connectivity index (χ1v) is 7.37. The van der Waals surface area contributed by atoms with Crippen molar-refractivity contribution in [2.45, 2.75) is 13.3 Å². The number of amides is 2. The normalized spacial score (nSPS) is 10.2. The summed E-state index contributed by atoms with van der Waals surface area (Å²) < 4.78 is 0.998. The van der Waals surface area contributed by atoms with Gasteiger partial charge < -0.3 is 10.6 Å². The van der Waals surface area contributed by atoms with Crippen molar-refractivity contribution in [3.8, 4) is 0 Å². The van der Waals surface area contributed by atoms with Crippen LogP contribution < -0.4 is 10.6 Å². The lowest BCUT2D eigenvalue weighted by Gasteiger charge is -2.11. The highest BCUT2D eigenvalue weighted by atomic mass is 79.9. The first kappa shape index (κ1) is 14.9. The van der Waals surface area contributed by atoms with Crippen molar-refractivity contribution in [1.29, 1.82) is 0 Å². The van der Waals surface area contributed by atoms with Crippen LogP contribution in [0, 0.1) is 0 Å². The molecule has 0 spiro atoms. The average molecular weight is 354 g/mol. The Bertz CT molecular complexity index is 614. The second-order valence-electron chi connectivity index (χ2n) is 4.24. The third kappa shape index (κ3) is 3.99. The minimum Gasteiger partial charge on any atom is -0.308 e. The third-order valence-electron chi connectivity index (χ3n) is 2.80. The number of hydrogen-bond acceptors (Lipinski definition) is 1. The Kier molecular flexibility index (Phi) is 5.04. The zero-order chi connectivity index (χ0) is 14.5. The van der Waals surface area contributed by atoms with Crippen LogP contribution in [0.2, 0.25) is 5.02 Å². The van der Waals surface area contributed by atoms with Crippen LogP contribution >= 0.6 is 27.5 Å². The van der Waals surface area contributed by atoms with Gasteiger partial charge in [-0.05, 0) is 54.4 Å². The molecule has 2 N–H and O–H groups in total. The van der Waals surface area contributed by atoms with Gasteiger partial charge in [0.2, 0.25) is 0 Å². The number of benzene rings is 2. The van der Waals surface area contributed by atoms with E-state index in [0.717, 1.165) is 22.1 Å². The van der Waals surface area contributed by atoms with E-state index < -0.39 is 0 Å². The minimum absolute atomic E-state index is 0.274. The van der Waals surface area contributed by atoms with Crippen molar-refractivity contribution in [1.82, 2.24) is 0 Å². The summed E-state index contributed by atoms with van der Waals surface area (Å²) in [7, 11) is 0. The fraction of sp³-hybridized carbons (Fsp3) is 0.133. The van der Waals surface area contributed by atoms with Gasteiger partial charge in [-0.25, -0.2) is 4.79 Å². The summed E-state index contributed by atoms with van der Waals surface area (Å²) in [5.41, 5.74) is 2.58. The van der Waals surface area contributed by atoms with E-state index in [2.05, 4.69) is 26.6 Å². The molecule has 5 heteroatoms. The first-order chi connectivity index (χ1) is 9.58. The molecule has 0 aliphatic carbocycles. The first-order valence-electron chi connectivity index (χ1n) is 6.20. The molecule has 0 aromatic heterocycles. The number of aryl methyl sites for hydroxylation is 1. The predicted molar refractivity (Wildman–Crippen MR) is 87.6 cm³/mol. The molecule has 2 aromatic carbocycles. The topological polar surface area (TPSA) is 41.1 Å². The number of carbonyl (C=O) groups is 1. The van der Waals surface area contributed by atoms with Crippen LogP contribution in [-0.2, 0) is 6.42 Å². The van der Waals surface area contributed by atoms with E-state index in [0.29, 0.717) is 10.7 Å². The fourth-order valence-electron chi connectivity index (χ4n) is 1.79. The van der Waals surface area contributed by atoms with Gasteiger partial charge in [-0.1, -0.05) is 34.5 Å². The van der Waals surface area contributed by atoms with Crippen molar-refractivity contribution >= 4 is 44.9 Å². The number of halogens is 2. The van der Waals surface area contributed by atoms with E-state index in [1.165, 1.54) is 0 Å². The maximum Gasteiger partial charge on any atom is 0.323 e. The quantitative estimate of drug-likeness (QED) is 0.771. The lowest BCUT2D eigenvalue weighted by atomic mass is 10.1. The smallest absolute Gasteiger partial charge is 0.308 e. The molecule has 2 rings (SSSR count). The van der Waals surface area contributed by atoms with Gasteiger partial charge in [-0.2, -0.15) is 0 Å². The third-order valence-corrected chi connectivity index (χ3v) is 3.54. The highest BCUT2D eigenvalue weighted by Gasteiger charge is 2.06. The molecule has 3 nitrogen and oxygen atoms in total. The zero-order valence-electron chi connectivity index (χ0n) is 10.9. The molecule has 0 fully saturated rings. The Morgan fingerprint density at radius 3 is 2.50 bits per heavy atom. The van der Waals surface area contributed by atoms with Gasteiger partial charge in [0.25, 0.3) is 0 Å². The summed E-state index contributed by atoms with van der Waals surface area (Å²) in [5, 5.41) is 6.25. The molecule has 0 saturated heterocycles. The molecule has 104 valence electrons. The fourth-order valence-corrected chi connectivity index (χ4v) is 2.33. The summed E-state index contributed by atoms with van der Waals surface area (Å²) in [6.45, 7) is 2.05. The Morgan fingerprint density at radius 1 is 1.15 bits per heavy atom. The van der Waals surface area contributed by atoms with Gasteiger partial charge in [0.05, 0.1) is 0 Å². The molecular weight excluding hydrogens is 340 g/mol. The number of nitrogens with one attached hydrogen (secondary N) is 2. The summed E-state index contributed by atoms with van der Waals surface area (Å²) in [6, 6.07) is 12.5. The highest BCUT2D eigenvalue weighted by Crippen LogP contribution is 2.22. The van der Waals surface area contributed by atoms with Crippen LogP contribution in [0.5, 0.6) is 0 Å². The highest BCUT2D eigenvalue weighted by molar-refractivity contribution is 9.10. The standard InChI is InChI=1S/C15H14BrClN2O/c1-2-10-9-11(16)3-8-14(10)19-15(20)18-13-6-4-12(17)5-7-13/h3-9H,2H2,1H3,(H2,18,19,20). The van der Waals surface area contributed by atoms with Crippen LogP contribution in [0.3, 0.4) is 0 Å². The van der Waals surface area contributed by atoms with Gasteiger partial charge in [-0.3, -0.25) is 0 Å². The second-order valence-corrected chi connectivity index (χ2v) is 5.59. The van der Waals surface area contributed by atoms with Crippen molar-refractivity contribution in [2.75, 3.05) is 10.6 Å². The second kappa shape index (κ2) is 6.77. The lowest BCUT2D eigenvalue weighted by molar-refractivity contribution is 0.262. The van der Waals surface area contributed by atoms with E-state index in [1.54, 1.807) is 24.3 Å². The minimum atomic E-state index is -0.274. The average Bonchev–Trinajstić information content (AvgIpc) is 2.43. The molecular formula is C15H14BrClN2O. The Hall–Kier alpha value is -1.52. The Balaban J connectivity index is 2.06. The van der Waals surface area contributed by atoms with Crippen molar-refractivity contribution in [3.63, 3.8) is 0 Å². The van der Waals surface area contributed by atoms with E-state index >= 15 is 0 Å². The number of urea groups is 1. The summed E-state index contributed by atoms with van der Waals surface area (Å²) in [4.78, 5) is 12.0. The van der Waals surface area contributed by atoms with Gasteiger partial charge in [0.15, 0.2) is 0 Å². The van der Waals surface area contributed by atoms with Crippen molar-refractivity contribution in [3.05, 3.63) is 57.5 Å². The van der Waals surface area contributed by atoms with Crippen LogP contribution in [0.4, 0.5) is 16.2 Å². The lowest BCUT2D eigenvalue weighted by Crippen LogP contribution is -2.20. The number of hydrogen-bond donors (Lipinski definition) is 2. The number of carbonyl (C=O) groups excluding carboxylic acids is 1. The Labute approximate surface area is 131 Å². The van der Waals surface area contributed by atoms with Crippen LogP contribution in [0.15, 0.2) is 46.9 Å². The Morgan fingerprint density at radius 2 is 1.85 bits per heavy atom. The van der Waals surface area contributed by atoms with Crippen molar-refractivity contribution in [2.24, 2.45) is 0 Å². The van der Waals surface area contributed by atoms with Crippen LogP contribution in [0.25, 0.3) is 0 Å². The molecule has 0 atom stereocenters. The molecule has 0 bridgehead atoms. The number of anilines is 2. The van der Waals surface area contributed by atoms with E-state index in [1.807, 2.05) is 25.1 Å². The molecule has 0 aliphatic heterocycles. The van der Waals surface area contributed by atoms with Crippen LogP contribution in [0.1, 0.15) is 12.5 Å². The maximum atomic E-state index is 12.0.